The van der Waals surface area contributed by atoms with Gasteiger partial charge in [0.25, 0.3) is 0 Å². The van der Waals surface area contributed by atoms with Crippen LogP contribution in [0.4, 0.5) is 0 Å². The van der Waals surface area contributed by atoms with Crippen LogP contribution in [0.1, 0.15) is 42.4 Å². The molecule has 5 rings (SSSR count). The zero-order chi connectivity index (χ0) is 18.2. The number of aromatic amines is 1. The molecule has 27 heavy (non-hydrogen) atoms. The Bertz CT molecular complexity index is 1130. The molecule has 1 aliphatic rings. The van der Waals surface area contributed by atoms with E-state index in [2.05, 4.69) is 38.7 Å². The summed E-state index contributed by atoms with van der Waals surface area (Å²) in [6.07, 6.45) is 6.04. The highest BCUT2D eigenvalue weighted by molar-refractivity contribution is 5.85. The molecule has 0 spiro atoms. The van der Waals surface area contributed by atoms with Crippen molar-refractivity contribution >= 4 is 22.5 Å². The Balaban J connectivity index is 1.30. The first-order valence-corrected chi connectivity index (χ1v) is 9.47. The maximum absolute atomic E-state index is 12.6. The SMILES string of the molecule is O=C(CCc1nnc2ccccn12)NC1CCCc2c1[nH]c1ccccc21. The van der Waals surface area contributed by atoms with Crippen molar-refractivity contribution in [2.75, 3.05) is 0 Å². The van der Waals surface area contributed by atoms with Crippen molar-refractivity contribution in [3.8, 4) is 0 Å². The lowest BCUT2D eigenvalue weighted by Crippen LogP contribution is -2.31. The Kier molecular flexibility index (Phi) is 3.89. The van der Waals surface area contributed by atoms with Gasteiger partial charge in [-0.15, -0.1) is 10.2 Å². The molecule has 3 aromatic heterocycles. The van der Waals surface area contributed by atoms with E-state index in [0.717, 1.165) is 36.3 Å². The van der Waals surface area contributed by atoms with Gasteiger partial charge in [-0.2, -0.15) is 0 Å². The molecule has 0 bridgehead atoms. The minimum atomic E-state index is 0.0548. The van der Waals surface area contributed by atoms with Crippen molar-refractivity contribution in [3.05, 3.63) is 65.7 Å². The van der Waals surface area contributed by atoms with Crippen molar-refractivity contribution in [1.82, 2.24) is 24.9 Å². The molecule has 1 aliphatic carbocycles. The molecule has 0 fully saturated rings. The summed E-state index contributed by atoms with van der Waals surface area (Å²) < 4.78 is 1.93. The number of benzene rings is 1. The summed E-state index contributed by atoms with van der Waals surface area (Å²) in [6.45, 7) is 0. The van der Waals surface area contributed by atoms with Gasteiger partial charge in [-0.1, -0.05) is 24.3 Å². The summed E-state index contributed by atoms with van der Waals surface area (Å²) in [7, 11) is 0. The van der Waals surface area contributed by atoms with Gasteiger partial charge in [0.05, 0.1) is 6.04 Å². The van der Waals surface area contributed by atoms with Crippen LogP contribution in [0.2, 0.25) is 0 Å². The molecule has 136 valence electrons. The molecule has 6 nitrogen and oxygen atoms in total. The molecule has 0 aliphatic heterocycles. The van der Waals surface area contributed by atoms with E-state index in [4.69, 9.17) is 0 Å². The van der Waals surface area contributed by atoms with Crippen LogP contribution in [-0.2, 0) is 17.6 Å². The molecular weight excluding hydrogens is 338 g/mol. The number of para-hydroxylation sites is 1. The molecule has 6 heteroatoms. The van der Waals surface area contributed by atoms with Gasteiger partial charge >= 0.3 is 0 Å². The fourth-order valence-electron chi connectivity index (χ4n) is 4.11. The fraction of sp³-hybridized carbons (Fsp3) is 0.286. The Hall–Kier alpha value is -3.15. The number of H-pyrrole nitrogens is 1. The number of pyridine rings is 1. The molecule has 1 aromatic carbocycles. The highest BCUT2D eigenvalue weighted by Crippen LogP contribution is 2.34. The number of rotatable bonds is 4. The number of hydrogen-bond donors (Lipinski definition) is 2. The van der Waals surface area contributed by atoms with E-state index in [0.29, 0.717) is 12.8 Å². The van der Waals surface area contributed by atoms with Gasteiger partial charge in [-0.05, 0) is 43.0 Å². The number of fused-ring (bicyclic) bond motifs is 4. The van der Waals surface area contributed by atoms with Crippen molar-refractivity contribution in [2.45, 2.75) is 38.1 Å². The third-order valence-corrected chi connectivity index (χ3v) is 5.41. The quantitative estimate of drug-likeness (QED) is 0.587. The third-order valence-electron chi connectivity index (χ3n) is 5.41. The second kappa shape index (κ2) is 6.54. The fourth-order valence-corrected chi connectivity index (χ4v) is 4.11. The number of nitrogens with one attached hydrogen (secondary N) is 2. The zero-order valence-corrected chi connectivity index (χ0v) is 15.0. The molecule has 1 atom stereocenters. The molecule has 0 saturated heterocycles. The minimum absolute atomic E-state index is 0.0548. The predicted molar refractivity (Wildman–Crippen MR) is 103 cm³/mol. The average molecular weight is 359 g/mol. The Morgan fingerprint density at radius 1 is 1.19 bits per heavy atom. The van der Waals surface area contributed by atoms with Gasteiger partial charge in [-0.3, -0.25) is 9.20 Å². The summed E-state index contributed by atoms with van der Waals surface area (Å²) in [5, 5.41) is 12.8. The molecule has 2 N–H and O–H groups in total. The van der Waals surface area contributed by atoms with E-state index in [9.17, 15) is 4.79 Å². The van der Waals surface area contributed by atoms with E-state index in [1.165, 1.54) is 16.6 Å². The number of carbonyl (C=O) groups excluding carboxylic acids is 1. The van der Waals surface area contributed by atoms with Gasteiger partial charge in [-0.25, -0.2) is 0 Å². The summed E-state index contributed by atoms with van der Waals surface area (Å²) >= 11 is 0. The van der Waals surface area contributed by atoms with Crippen LogP contribution in [0.5, 0.6) is 0 Å². The Morgan fingerprint density at radius 3 is 3.04 bits per heavy atom. The second-order valence-electron chi connectivity index (χ2n) is 7.12. The summed E-state index contributed by atoms with van der Waals surface area (Å²) in [4.78, 5) is 16.1. The first-order chi connectivity index (χ1) is 13.3. The molecule has 0 radical (unpaired) electrons. The van der Waals surface area contributed by atoms with Gasteiger partial charge < -0.3 is 10.3 Å². The van der Waals surface area contributed by atoms with Crippen LogP contribution < -0.4 is 5.32 Å². The lowest BCUT2D eigenvalue weighted by atomic mass is 9.91. The average Bonchev–Trinajstić information content (AvgIpc) is 3.28. The van der Waals surface area contributed by atoms with E-state index < -0.39 is 0 Å². The number of carbonyl (C=O) groups is 1. The normalized spacial score (nSPS) is 16.5. The lowest BCUT2D eigenvalue weighted by Gasteiger charge is -2.23. The first-order valence-electron chi connectivity index (χ1n) is 9.47. The predicted octanol–water partition coefficient (Wildman–Crippen LogP) is 3.34. The highest BCUT2D eigenvalue weighted by Gasteiger charge is 2.25. The highest BCUT2D eigenvalue weighted by atomic mass is 16.1. The number of amides is 1. The van der Waals surface area contributed by atoms with E-state index in [-0.39, 0.29) is 11.9 Å². The largest absolute Gasteiger partial charge is 0.356 e. The summed E-state index contributed by atoms with van der Waals surface area (Å²) in [6, 6.07) is 14.2. The van der Waals surface area contributed by atoms with Crippen LogP contribution in [0, 0.1) is 0 Å². The number of nitrogens with zero attached hydrogens (tertiary/aromatic N) is 3. The monoisotopic (exact) mass is 359 g/mol. The van der Waals surface area contributed by atoms with Crippen LogP contribution in [0.25, 0.3) is 16.6 Å². The number of aryl methyl sites for hydroxylation is 2. The van der Waals surface area contributed by atoms with Crippen molar-refractivity contribution in [2.24, 2.45) is 0 Å². The second-order valence-corrected chi connectivity index (χ2v) is 7.12. The van der Waals surface area contributed by atoms with Crippen LogP contribution in [0.3, 0.4) is 0 Å². The van der Waals surface area contributed by atoms with Crippen LogP contribution in [-0.4, -0.2) is 25.5 Å². The smallest absolute Gasteiger partial charge is 0.220 e. The molecule has 0 saturated carbocycles. The summed E-state index contributed by atoms with van der Waals surface area (Å²) in [5.74, 6) is 0.870. The maximum Gasteiger partial charge on any atom is 0.220 e. The van der Waals surface area contributed by atoms with E-state index in [1.54, 1.807) is 0 Å². The zero-order valence-electron chi connectivity index (χ0n) is 15.0. The molecule has 1 unspecified atom stereocenters. The van der Waals surface area contributed by atoms with Crippen molar-refractivity contribution in [3.63, 3.8) is 0 Å². The van der Waals surface area contributed by atoms with Gasteiger partial charge in [0.15, 0.2) is 5.65 Å². The molecule has 4 aromatic rings. The molecular formula is C21H21N5O. The van der Waals surface area contributed by atoms with Gasteiger partial charge in [0, 0.05) is 35.6 Å². The van der Waals surface area contributed by atoms with Crippen LogP contribution >= 0.6 is 0 Å². The van der Waals surface area contributed by atoms with E-state index in [1.807, 2.05) is 34.9 Å². The van der Waals surface area contributed by atoms with Gasteiger partial charge in [0.1, 0.15) is 5.82 Å². The Labute approximate surface area is 156 Å². The molecule has 3 heterocycles. The van der Waals surface area contributed by atoms with Crippen LogP contribution in [0.15, 0.2) is 48.7 Å². The van der Waals surface area contributed by atoms with Crippen molar-refractivity contribution in [1.29, 1.82) is 0 Å². The number of hydrogen-bond acceptors (Lipinski definition) is 3. The maximum atomic E-state index is 12.6. The standard InChI is InChI=1S/C21H21N5O/c27-20(12-11-19-25-24-18-10-3-4-13-26(18)19)22-17-9-5-7-15-14-6-1-2-8-16(14)23-21(15)17/h1-4,6,8,10,13,17,23H,5,7,9,11-12H2,(H,22,27). The first kappa shape index (κ1) is 16.1. The topological polar surface area (TPSA) is 75.1 Å². The van der Waals surface area contributed by atoms with E-state index >= 15 is 0 Å². The minimum Gasteiger partial charge on any atom is -0.356 e. The summed E-state index contributed by atoms with van der Waals surface area (Å²) in [5.41, 5.74) is 4.48. The lowest BCUT2D eigenvalue weighted by molar-refractivity contribution is -0.122. The van der Waals surface area contributed by atoms with Crippen molar-refractivity contribution < 1.29 is 4.79 Å². The third kappa shape index (κ3) is 2.87. The Morgan fingerprint density at radius 2 is 2.07 bits per heavy atom. The number of aromatic nitrogens is 4. The van der Waals surface area contributed by atoms with Gasteiger partial charge in [0.2, 0.25) is 5.91 Å². The molecule has 1 amide bonds.